The fourth-order valence-corrected chi connectivity index (χ4v) is 2.89. The molecule has 0 spiro atoms. The van der Waals surface area contributed by atoms with E-state index in [1.807, 2.05) is 12.1 Å². The lowest BCUT2D eigenvalue weighted by Gasteiger charge is -2.16. The number of ether oxygens (including phenoxy) is 1. The minimum Gasteiger partial charge on any atom is -0.497 e. The van der Waals surface area contributed by atoms with E-state index >= 15 is 0 Å². The molecule has 0 saturated heterocycles. The summed E-state index contributed by atoms with van der Waals surface area (Å²) in [4.78, 5) is 0. The van der Waals surface area contributed by atoms with Crippen LogP contribution in [-0.4, -0.2) is 19.7 Å². The van der Waals surface area contributed by atoms with E-state index in [2.05, 4.69) is 30.4 Å². The van der Waals surface area contributed by atoms with E-state index in [1.165, 1.54) is 44.1 Å². The van der Waals surface area contributed by atoms with Crippen LogP contribution in [0.15, 0.2) is 35.9 Å². The van der Waals surface area contributed by atoms with Crippen LogP contribution in [0.25, 0.3) is 0 Å². The Morgan fingerprint density at radius 3 is 2.62 bits per heavy atom. The average Bonchev–Trinajstić information content (AvgIpc) is 2.54. The molecule has 1 atom stereocenters. The summed E-state index contributed by atoms with van der Waals surface area (Å²) in [6.07, 6.45) is 11.4. The minimum absolute atomic E-state index is 0.580. The molecular formula is C19H29NO. The van der Waals surface area contributed by atoms with Gasteiger partial charge in [0.15, 0.2) is 0 Å². The van der Waals surface area contributed by atoms with E-state index in [0.29, 0.717) is 6.04 Å². The van der Waals surface area contributed by atoms with Crippen molar-refractivity contribution in [3.8, 4) is 5.75 Å². The molecule has 0 aromatic heterocycles. The fourth-order valence-electron chi connectivity index (χ4n) is 2.89. The van der Waals surface area contributed by atoms with Crippen LogP contribution < -0.4 is 10.1 Å². The molecular weight excluding hydrogens is 258 g/mol. The lowest BCUT2D eigenvalue weighted by molar-refractivity contribution is 0.414. The number of methoxy groups -OCH3 is 1. The van der Waals surface area contributed by atoms with Crippen LogP contribution >= 0.6 is 0 Å². The first-order valence-electron chi connectivity index (χ1n) is 8.32. The van der Waals surface area contributed by atoms with Crippen molar-refractivity contribution in [2.45, 2.75) is 57.9 Å². The van der Waals surface area contributed by atoms with Gasteiger partial charge >= 0.3 is 0 Å². The summed E-state index contributed by atoms with van der Waals surface area (Å²) in [5, 5.41) is 3.66. The van der Waals surface area contributed by atoms with Gasteiger partial charge in [0.2, 0.25) is 0 Å². The zero-order chi connectivity index (χ0) is 14.9. The number of benzene rings is 1. The second-order valence-corrected chi connectivity index (χ2v) is 6.10. The van der Waals surface area contributed by atoms with Crippen molar-refractivity contribution in [2.24, 2.45) is 0 Å². The van der Waals surface area contributed by atoms with Crippen LogP contribution in [-0.2, 0) is 6.42 Å². The monoisotopic (exact) mass is 287 g/mol. The smallest absolute Gasteiger partial charge is 0.118 e. The predicted octanol–water partition coefficient (Wildman–Crippen LogP) is 4.50. The Balaban J connectivity index is 1.62. The van der Waals surface area contributed by atoms with Crippen LogP contribution in [0.3, 0.4) is 0 Å². The van der Waals surface area contributed by atoms with E-state index in [0.717, 1.165) is 18.7 Å². The van der Waals surface area contributed by atoms with Gasteiger partial charge in [-0.1, -0.05) is 23.8 Å². The number of hydrogen-bond acceptors (Lipinski definition) is 2. The van der Waals surface area contributed by atoms with Gasteiger partial charge < -0.3 is 10.1 Å². The van der Waals surface area contributed by atoms with Crippen molar-refractivity contribution < 1.29 is 4.74 Å². The SMILES string of the molecule is COc1ccc(CCC(C)NCCC2=CCCCC2)cc1. The molecule has 0 radical (unpaired) electrons. The number of allylic oxidation sites excluding steroid dienone is 1. The molecule has 2 rings (SSSR count). The molecule has 0 amide bonds. The van der Waals surface area contributed by atoms with Crippen LogP contribution in [0.2, 0.25) is 0 Å². The average molecular weight is 287 g/mol. The highest BCUT2D eigenvalue weighted by Gasteiger charge is 2.05. The molecule has 1 unspecified atom stereocenters. The highest BCUT2D eigenvalue weighted by atomic mass is 16.5. The molecule has 2 nitrogen and oxygen atoms in total. The molecule has 0 bridgehead atoms. The largest absolute Gasteiger partial charge is 0.497 e. The molecule has 2 heteroatoms. The topological polar surface area (TPSA) is 21.3 Å². The Hall–Kier alpha value is -1.28. The van der Waals surface area contributed by atoms with Crippen molar-refractivity contribution in [1.29, 1.82) is 0 Å². The first-order chi connectivity index (χ1) is 10.3. The molecule has 0 aliphatic heterocycles. The first-order valence-corrected chi connectivity index (χ1v) is 8.32. The molecule has 1 aromatic rings. The zero-order valence-electron chi connectivity index (χ0n) is 13.5. The van der Waals surface area contributed by atoms with Crippen molar-refractivity contribution in [3.63, 3.8) is 0 Å². The van der Waals surface area contributed by atoms with Crippen molar-refractivity contribution in [3.05, 3.63) is 41.5 Å². The predicted molar refractivity (Wildman–Crippen MR) is 89.9 cm³/mol. The standard InChI is InChI=1S/C19H29NO/c1-16(20-15-14-17-6-4-3-5-7-17)8-9-18-10-12-19(21-2)13-11-18/h6,10-13,16,20H,3-5,7-9,14-15H2,1-2H3. The van der Waals surface area contributed by atoms with Gasteiger partial charge in [0.1, 0.15) is 5.75 Å². The van der Waals surface area contributed by atoms with Crippen LogP contribution in [0, 0.1) is 0 Å². The molecule has 0 fully saturated rings. The van der Waals surface area contributed by atoms with Gasteiger partial charge in [-0.15, -0.1) is 0 Å². The number of hydrogen-bond donors (Lipinski definition) is 1. The maximum Gasteiger partial charge on any atom is 0.118 e. The highest BCUT2D eigenvalue weighted by Crippen LogP contribution is 2.19. The summed E-state index contributed by atoms with van der Waals surface area (Å²) in [5.41, 5.74) is 3.05. The summed E-state index contributed by atoms with van der Waals surface area (Å²) >= 11 is 0. The third kappa shape index (κ3) is 5.92. The van der Waals surface area contributed by atoms with E-state index in [4.69, 9.17) is 4.74 Å². The van der Waals surface area contributed by atoms with Crippen molar-refractivity contribution >= 4 is 0 Å². The maximum absolute atomic E-state index is 5.19. The van der Waals surface area contributed by atoms with Gasteiger partial charge in [0, 0.05) is 6.04 Å². The fraction of sp³-hybridized carbons (Fsp3) is 0.579. The maximum atomic E-state index is 5.19. The van der Waals surface area contributed by atoms with Crippen LogP contribution in [0.4, 0.5) is 0 Å². The molecule has 21 heavy (non-hydrogen) atoms. The van der Waals surface area contributed by atoms with E-state index in [-0.39, 0.29) is 0 Å². The molecule has 0 saturated carbocycles. The summed E-state index contributed by atoms with van der Waals surface area (Å²) in [7, 11) is 1.71. The lowest BCUT2D eigenvalue weighted by Crippen LogP contribution is -2.27. The van der Waals surface area contributed by atoms with Gasteiger partial charge in [0.25, 0.3) is 0 Å². The highest BCUT2D eigenvalue weighted by molar-refractivity contribution is 5.27. The molecule has 116 valence electrons. The normalized spacial score (nSPS) is 16.4. The lowest BCUT2D eigenvalue weighted by atomic mass is 9.97. The van der Waals surface area contributed by atoms with E-state index < -0.39 is 0 Å². The van der Waals surface area contributed by atoms with Gasteiger partial charge in [-0.3, -0.25) is 0 Å². The summed E-state index contributed by atoms with van der Waals surface area (Å²) < 4.78 is 5.19. The third-order valence-corrected chi connectivity index (χ3v) is 4.35. The summed E-state index contributed by atoms with van der Waals surface area (Å²) in [5.74, 6) is 0.936. The van der Waals surface area contributed by atoms with Crippen LogP contribution in [0.1, 0.15) is 51.0 Å². The van der Waals surface area contributed by atoms with E-state index in [9.17, 15) is 0 Å². The van der Waals surface area contributed by atoms with Crippen molar-refractivity contribution in [1.82, 2.24) is 5.32 Å². The van der Waals surface area contributed by atoms with Crippen molar-refractivity contribution in [2.75, 3.05) is 13.7 Å². The van der Waals surface area contributed by atoms with Crippen LogP contribution in [0.5, 0.6) is 5.75 Å². The van der Waals surface area contributed by atoms with Gasteiger partial charge in [-0.25, -0.2) is 0 Å². The third-order valence-electron chi connectivity index (χ3n) is 4.35. The van der Waals surface area contributed by atoms with Gasteiger partial charge in [-0.2, -0.15) is 0 Å². The Morgan fingerprint density at radius 1 is 1.14 bits per heavy atom. The second-order valence-electron chi connectivity index (χ2n) is 6.10. The first kappa shape index (κ1) is 16.1. The molecule has 0 heterocycles. The second kappa shape index (κ2) is 8.89. The Labute approximate surface area is 129 Å². The Kier molecular flexibility index (Phi) is 6.81. The molecule has 1 N–H and O–H groups in total. The summed E-state index contributed by atoms with van der Waals surface area (Å²) in [6, 6.07) is 9.00. The number of nitrogens with one attached hydrogen (secondary N) is 1. The molecule has 1 aliphatic carbocycles. The summed E-state index contributed by atoms with van der Waals surface area (Å²) in [6.45, 7) is 3.41. The molecule has 1 aromatic carbocycles. The number of rotatable bonds is 8. The number of aryl methyl sites for hydroxylation is 1. The Bertz CT molecular complexity index is 435. The zero-order valence-corrected chi connectivity index (χ0v) is 13.5. The van der Waals surface area contributed by atoms with E-state index in [1.54, 1.807) is 12.7 Å². The minimum atomic E-state index is 0.580. The molecule has 1 aliphatic rings. The Morgan fingerprint density at radius 2 is 1.95 bits per heavy atom. The van der Waals surface area contributed by atoms with Gasteiger partial charge in [-0.05, 0) is 76.1 Å². The van der Waals surface area contributed by atoms with Gasteiger partial charge in [0.05, 0.1) is 7.11 Å². The quantitative estimate of drug-likeness (QED) is 0.711.